The topological polar surface area (TPSA) is 72.2 Å². The smallest absolute Gasteiger partial charge is 0.252 e. The number of hydrogen-bond acceptors (Lipinski definition) is 4. The van der Waals surface area contributed by atoms with Crippen molar-refractivity contribution in [1.29, 1.82) is 0 Å². The number of carbonyl (C=O) groups is 1. The van der Waals surface area contributed by atoms with E-state index in [2.05, 4.69) is 48.4 Å². The summed E-state index contributed by atoms with van der Waals surface area (Å²) in [7, 11) is 0. The van der Waals surface area contributed by atoms with E-state index < -0.39 is 0 Å². The summed E-state index contributed by atoms with van der Waals surface area (Å²) >= 11 is 3.44. The highest BCUT2D eigenvalue weighted by Gasteiger charge is 2.45. The van der Waals surface area contributed by atoms with Crippen LogP contribution in [0.4, 0.5) is 0 Å². The summed E-state index contributed by atoms with van der Waals surface area (Å²) in [6.07, 6.45) is 2.07. The van der Waals surface area contributed by atoms with Crippen LogP contribution in [0.15, 0.2) is 34.8 Å². The number of nitrogens with zero attached hydrogens (tertiary/aromatic N) is 4. The van der Waals surface area contributed by atoms with Crippen LogP contribution < -0.4 is 5.32 Å². The van der Waals surface area contributed by atoms with Gasteiger partial charge < -0.3 is 5.32 Å². The average Bonchev–Trinajstić information content (AvgIpc) is 3.20. The van der Waals surface area contributed by atoms with Gasteiger partial charge in [0.1, 0.15) is 0 Å². The van der Waals surface area contributed by atoms with E-state index >= 15 is 0 Å². The number of fused-ring (bicyclic) bond motifs is 1. The molecule has 2 aromatic heterocycles. The molecule has 1 N–H and O–H groups in total. The van der Waals surface area contributed by atoms with Gasteiger partial charge in [0.2, 0.25) is 5.91 Å². The molecule has 1 aromatic carbocycles. The van der Waals surface area contributed by atoms with Crippen LogP contribution in [-0.4, -0.2) is 25.5 Å². The largest absolute Gasteiger partial charge is 0.346 e. The van der Waals surface area contributed by atoms with Gasteiger partial charge in [-0.2, -0.15) is 4.98 Å². The first kappa shape index (κ1) is 16.2. The molecule has 1 amide bonds. The molecule has 4 rings (SSSR count). The van der Waals surface area contributed by atoms with Gasteiger partial charge in [0.05, 0.1) is 12.0 Å². The van der Waals surface area contributed by atoms with Crippen molar-refractivity contribution in [3.05, 3.63) is 57.6 Å². The molecule has 0 saturated heterocycles. The van der Waals surface area contributed by atoms with E-state index in [1.807, 2.05) is 32.0 Å². The Morgan fingerprint density at radius 2 is 1.96 bits per heavy atom. The monoisotopic (exact) mass is 399 g/mol. The van der Waals surface area contributed by atoms with Gasteiger partial charge in [-0.15, -0.1) is 5.10 Å². The quantitative estimate of drug-likeness (QED) is 0.731. The van der Waals surface area contributed by atoms with Crippen LogP contribution in [0.25, 0.3) is 5.78 Å². The summed E-state index contributed by atoms with van der Waals surface area (Å²) in [5, 5.41) is 7.56. The predicted octanol–water partition coefficient (Wildman–Crippen LogP) is 2.85. The Labute approximate surface area is 153 Å². The maximum absolute atomic E-state index is 12.5. The second-order valence-electron chi connectivity index (χ2n) is 6.59. The Balaban J connectivity index is 1.51. The molecule has 1 saturated carbocycles. The zero-order chi connectivity index (χ0) is 17.6. The maximum atomic E-state index is 12.5. The van der Waals surface area contributed by atoms with Crippen molar-refractivity contribution in [2.45, 2.75) is 38.6 Å². The fourth-order valence-electron chi connectivity index (χ4n) is 3.12. The molecule has 0 spiro atoms. The number of carbonyl (C=O) groups excluding carboxylic acids is 1. The Morgan fingerprint density at radius 1 is 1.24 bits per heavy atom. The summed E-state index contributed by atoms with van der Waals surface area (Å²) in [5.74, 6) is 0.963. The van der Waals surface area contributed by atoms with Crippen LogP contribution in [0.5, 0.6) is 0 Å². The van der Waals surface area contributed by atoms with E-state index in [0.717, 1.165) is 34.3 Å². The van der Waals surface area contributed by atoms with Crippen molar-refractivity contribution >= 4 is 27.6 Å². The molecule has 0 radical (unpaired) electrons. The molecule has 2 heterocycles. The standard InChI is InChI=1S/C18H18BrN5O/c1-11-9-12(2)24-17(20-11)21-15(23-24)10-16(25)22-18(7-8-18)13-3-5-14(19)6-4-13/h3-6,9H,7-8,10H2,1-2H3,(H,22,25). The zero-order valence-corrected chi connectivity index (χ0v) is 15.7. The number of nitrogens with one attached hydrogen (secondary N) is 1. The van der Waals surface area contributed by atoms with E-state index in [4.69, 9.17) is 0 Å². The summed E-state index contributed by atoms with van der Waals surface area (Å²) < 4.78 is 2.71. The third kappa shape index (κ3) is 3.16. The van der Waals surface area contributed by atoms with E-state index in [1.165, 1.54) is 0 Å². The lowest BCUT2D eigenvalue weighted by Gasteiger charge is -2.17. The van der Waals surface area contributed by atoms with E-state index in [9.17, 15) is 4.79 Å². The highest BCUT2D eigenvalue weighted by Crippen LogP contribution is 2.45. The summed E-state index contributed by atoms with van der Waals surface area (Å²) in [6, 6.07) is 10.1. The first-order chi connectivity index (χ1) is 11.9. The van der Waals surface area contributed by atoms with E-state index in [-0.39, 0.29) is 17.9 Å². The van der Waals surface area contributed by atoms with Gasteiger partial charge in [0.25, 0.3) is 5.78 Å². The number of benzene rings is 1. The van der Waals surface area contributed by atoms with Gasteiger partial charge in [0, 0.05) is 15.9 Å². The predicted molar refractivity (Wildman–Crippen MR) is 97.2 cm³/mol. The van der Waals surface area contributed by atoms with Crippen molar-refractivity contribution < 1.29 is 4.79 Å². The Kier molecular flexibility index (Phi) is 3.83. The first-order valence-electron chi connectivity index (χ1n) is 8.22. The molecule has 0 atom stereocenters. The van der Waals surface area contributed by atoms with E-state index in [1.54, 1.807) is 4.52 Å². The van der Waals surface area contributed by atoms with Crippen molar-refractivity contribution in [3.63, 3.8) is 0 Å². The fraction of sp³-hybridized carbons (Fsp3) is 0.333. The van der Waals surface area contributed by atoms with Crippen LogP contribution in [-0.2, 0) is 16.8 Å². The van der Waals surface area contributed by atoms with Crippen molar-refractivity contribution in [2.24, 2.45) is 0 Å². The van der Waals surface area contributed by atoms with Crippen LogP contribution in [0, 0.1) is 13.8 Å². The second-order valence-corrected chi connectivity index (χ2v) is 7.51. The molecule has 128 valence electrons. The molecule has 1 aliphatic carbocycles. The average molecular weight is 400 g/mol. The lowest BCUT2D eigenvalue weighted by Crippen LogP contribution is -2.36. The molecule has 6 nitrogen and oxygen atoms in total. The van der Waals surface area contributed by atoms with Gasteiger partial charge in [-0.25, -0.2) is 9.50 Å². The van der Waals surface area contributed by atoms with E-state index in [0.29, 0.717) is 11.6 Å². The molecule has 1 aliphatic rings. The third-order valence-electron chi connectivity index (χ3n) is 4.51. The summed E-state index contributed by atoms with van der Waals surface area (Å²) in [5.41, 5.74) is 2.75. The van der Waals surface area contributed by atoms with Gasteiger partial charge in [-0.05, 0) is 50.5 Å². The Bertz CT molecular complexity index is 960. The maximum Gasteiger partial charge on any atom is 0.252 e. The molecule has 3 aromatic rings. The van der Waals surface area contributed by atoms with Gasteiger partial charge >= 0.3 is 0 Å². The minimum absolute atomic E-state index is 0.0642. The summed E-state index contributed by atoms with van der Waals surface area (Å²) in [6.45, 7) is 3.87. The summed E-state index contributed by atoms with van der Waals surface area (Å²) in [4.78, 5) is 21.3. The number of halogens is 1. The Morgan fingerprint density at radius 3 is 2.64 bits per heavy atom. The van der Waals surface area contributed by atoms with Crippen LogP contribution in [0.2, 0.25) is 0 Å². The second kappa shape index (κ2) is 5.91. The lowest BCUT2D eigenvalue weighted by molar-refractivity contribution is -0.121. The fourth-order valence-corrected chi connectivity index (χ4v) is 3.38. The molecule has 25 heavy (non-hydrogen) atoms. The van der Waals surface area contributed by atoms with Gasteiger partial charge in [0.15, 0.2) is 5.82 Å². The van der Waals surface area contributed by atoms with Crippen molar-refractivity contribution in [1.82, 2.24) is 24.9 Å². The van der Waals surface area contributed by atoms with Crippen molar-refractivity contribution in [3.8, 4) is 0 Å². The highest BCUT2D eigenvalue weighted by atomic mass is 79.9. The highest BCUT2D eigenvalue weighted by molar-refractivity contribution is 9.10. The molecule has 0 unspecified atom stereocenters. The minimum Gasteiger partial charge on any atom is -0.346 e. The van der Waals surface area contributed by atoms with Crippen LogP contribution >= 0.6 is 15.9 Å². The van der Waals surface area contributed by atoms with Gasteiger partial charge in [-0.1, -0.05) is 28.1 Å². The van der Waals surface area contributed by atoms with Crippen molar-refractivity contribution in [2.75, 3.05) is 0 Å². The van der Waals surface area contributed by atoms with Crippen LogP contribution in [0.3, 0.4) is 0 Å². The Hall–Kier alpha value is -2.28. The number of amides is 1. The molecule has 0 aliphatic heterocycles. The first-order valence-corrected chi connectivity index (χ1v) is 9.01. The van der Waals surface area contributed by atoms with Crippen LogP contribution in [0.1, 0.15) is 35.6 Å². The SMILES string of the molecule is Cc1cc(C)n2nc(CC(=O)NC3(c4ccc(Br)cc4)CC3)nc2n1. The number of hydrogen-bond donors (Lipinski definition) is 1. The molecular weight excluding hydrogens is 382 g/mol. The normalized spacial score (nSPS) is 15.3. The molecule has 1 fully saturated rings. The third-order valence-corrected chi connectivity index (χ3v) is 5.03. The molecule has 0 bridgehead atoms. The number of rotatable bonds is 4. The lowest BCUT2D eigenvalue weighted by atomic mass is 10.0. The molecule has 7 heteroatoms. The number of aromatic nitrogens is 4. The molecular formula is C18H18BrN5O. The minimum atomic E-state index is -0.234. The van der Waals surface area contributed by atoms with Gasteiger partial charge in [-0.3, -0.25) is 4.79 Å². The number of aryl methyl sites for hydroxylation is 2. The zero-order valence-electron chi connectivity index (χ0n) is 14.1.